The average Bonchev–Trinajstić information content (AvgIpc) is 3.68. The summed E-state index contributed by atoms with van der Waals surface area (Å²) < 4.78 is 27.3. The monoisotopic (exact) mass is 586 g/mol. The Morgan fingerprint density at radius 3 is 2.59 bits per heavy atom. The fourth-order valence-electron chi connectivity index (χ4n) is 5.76. The van der Waals surface area contributed by atoms with Crippen molar-refractivity contribution in [2.24, 2.45) is 5.92 Å². The lowest BCUT2D eigenvalue weighted by Crippen LogP contribution is -2.60. The van der Waals surface area contributed by atoms with Crippen molar-refractivity contribution >= 4 is 23.2 Å². The van der Waals surface area contributed by atoms with Gasteiger partial charge in [-0.15, -0.1) is 10.2 Å². The maximum absolute atomic E-state index is 14.0. The van der Waals surface area contributed by atoms with Gasteiger partial charge in [0.25, 0.3) is 5.91 Å². The fourth-order valence-corrected chi connectivity index (χ4v) is 6.63. The highest BCUT2D eigenvalue weighted by Crippen LogP contribution is 2.36. The quantitative estimate of drug-likeness (QED) is 0.362. The third-order valence-electron chi connectivity index (χ3n) is 8.32. The Morgan fingerprint density at radius 2 is 1.93 bits per heavy atom. The average molecular weight is 587 g/mol. The van der Waals surface area contributed by atoms with E-state index in [4.69, 9.17) is 0 Å². The standard InChI is InChI=1S/C28H32F2N6O4S/c1-31-28(9-7-16(8-10-28)26(39)36-11-3-4-12-36)35(2)27(40)22-24(38)23(37)19(15-32-22)25-34-33-21(41-25)13-17-5-6-18(29)14-20(17)30/h5-6,14-16,31,38H,3-4,7-13H2,1-2H3,(H,32,37). The molecule has 2 aromatic heterocycles. The van der Waals surface area contributed by atoms with E-state index in [1.807, 2.05) is 4.90 Å². The van der Waals surface area contributed by atoms with Gasteiger partial charge in [-0.25, -0.2) is 8.78 Å². The van der Waals surface area contributed by atoms with E-state index < -0.39 is 34.4 Å². The predicted molar refractivity (Wildman–Crippen MR) is 148 cm³/mol. The van der Waals surface area contributed by atoms with Crippen molar-refractivity contribution in [1.29, 1.82) is 0 Å². The van der Waals surface area contributed by atoms with E-state index in [-0.39, 0.29) is 40.1 Å². The Kier molecular flexibility index (Phi) is 8.18. The molecule has 13 heteroatoms. The zero-order valence-electron chi connectivity index (χ0n) is 22.9. The number of H-pyrrole nitrogens is 1. The van der Waals surface area contributed by atoms with Crippen molar-refractivity contribution in [2.75, 3.05) is 27.2 Å². The topological polar surface area (TPSA) is 132 Å². The summed E-state index contributed by atoms with van der Waals surface area (Å²) in [5.74, 6) is -2.62. The minimum Gasteiger partial charge on any atom is -0.503 e. The first-order valence-corrected chi connectivity index (χ1v) is 14.4. The molecule has 0 unspecified atom stereocenters. The number of hydrogen-bond acceptors (Lipinski definition) is 8. The lowest BCUT2D eigenvalue weighted by molar-refractivity contribution is -0.136. The molecule has 3 N–H and O–H groups in total. The zero-order chi connectivity index (χ0) is 29.3. The van der Waals surface area contributed by atoms with E-state index >= 15 is 0 Å². The smallest absolute Gasteiger partial charge is 0.275 e. The normalized spacial score (nSPS) is 20.8. The highest BCUT2D eigenvalue weighted by Gasteiger charge is 2.43. The van der Waals surface area contributed by atoms with Gasteiger partial charge in [-0.3, -0.25) is 19.7 Å². The molecule has 5 rings (SSSR count). The molecule has 41 heavy (non-hydrogen) atoms. The molecule has 3 heterocycles. The summed E-state index contributed by atoms with van der Waals surface area (Å²) in [6, 6.07) is 3.25. The first kappa shape index (κ1) is 28.8. The summed E-state index contributed by atoms with van der Waals surface area (Å²) in [5.41, 5.74) is -1.57. The van der Waals surface area contributed by atoms with Gasteiger partial charge in [-0.05, 0) is 57.2 Å². The lowest BCUT2D eigenvalue weighted by Gasteiger charge is -2.46. The molecule has 1 aromatic carbocycles. The molecule has 1 saturated heterocycles. The van der Waals surface area contributed by atoms with Gasteiger partial charge < -0.3 is 19.9 Å². The Balaban J connectivity index is 1.30. The summed E-state index contributed by atoms with van der Waals surface area (Å²) >= 11 is 1.02. The molecule has 10 nitrogen and oxygen atoms in total. The maximum Gasteiger partial charge on any atom is 0.275 e. The molecule has 0 spiro atoms. The molecular formula is C28H32F2N6O4S. The fraction of sp³-hybridized carbons (Fsp3) is 0.464. The van der Waals surface area contributed by atoms with E-state index in [1.54, 1.807) is 14.1 Å². The molecule has 2 amide bonds. The van der Waals surface area contributed by atoms with E-state index in [2.05, 4.69) is 20.5 Å². The van der Waals surface area contributed by atoms with Gasteiger partial charge in [0.2, 0.25) is 11.3 Å². The number of hydrogen-bond donors (Lipinski definition) is 3. The maximum atomic E-state index is 14.0. The molecule has 0 bridgehead atoms. The van der Waals surface area contributed by atoms with Crippen LogP contribution in [0, 0.1) is 17.6 Å². The summed E-state index contributed by atoms with van der Waals surface area (Å²) in [5, 5.41) is 22.6. The van der Waals surface area contributed by atoms with Crippen molar-refractivity contribution in [3.8, 4) is 16.3 Å². The van der Waals surface area contributed by atoms with Crippen LogP contribution < -0.4 is 10.7 Å². The van der Waals surface area contributed by atoms with Crippen molar-refractivity contribution < 1.29 is 23.5 Å². The van der Waals surface area contributed by atoms with E-state index in [0.29, 0.717) is 30.7 Å². The van der Waals surface area contributed by atoms with Crippen molar-refractivity contribution in [3.63, 3.8) is 0 Å². The number of aromatic amines is 1. The molecule has 0 atom stereocenters. The van der Waals surface area contributed by atoms with Gasteiger partial charge in [0.15, 0.2) is 16.5 Å². The van der Waals surface area contributed by atoms with E-state index in [9.17, 15) is 28.3 Å². The van der Waals surface area contributed by atoms with Crippen molar-refractivity contribution in [1.82, 2.24) is 30.3 Å². The number of amides is 2. The molecule has 0 radical (unpaired) electrons. The number of halogens is 2. The number of aromatic nitrogens is 3. The third kappa shape index (κ3) is 5.60. The first-order valence-electron chi connectivity index (χ1n) is 13.6. The highest BCUT2D eigenvalue weighted by atomic mass is 32.1. The number of likely N-dealkylation sites (tertiary alicyclic amines) is 1. The van der Waals surface area contributed by atoms with Gasteiger partial charge >= 0.3 is 0 Å². The number of carbonyl (C=O) groups is 2. The van der Waals surface area contributed by atoms with Crippen LogP contribution in [0.15, 0.2) is 29.2 Å². The second-order valence-corrected chi connectivity index (χ2v) is 11.7. The molecule has 1 aliphatic carbocycles. The largest absolute Gasteiger partial charge is 0.503 e. The number of carbonyl (C=O) groups excluding carboxylic acids is 2. The minimum absolute atomic E-state index is 0.00861. The van der Waals surface area contributed by atoms with Crippen LogP contribution in [0.4, 0.5) is 8.78 Å². The summed E-state index contributed by atoms with van der Waals surface area (Å²) in [6.07, 6.45) is 5.74. The second-order valence-electron chi connectivity index (χ2n) is 10.6. The zero-order valence-corrected chi connectivity index (χ0v) is 23.7. The van der Waals surface area contributed by atoms with Gasteiger partial charge in [0, 0.05) is 44.7 Å². The van der Waals surface area contributed by atoms with Crippen LogP contribution in [0.25, 0.3) is 10.6 Å². The van der Waals surface area contributed by atoms with Crippen LogP contribution in [-0.4, -0.2) is 74.7 Å². The van der Waals surface area contributed by atoms with Crippen LogP contribution in [0.3, 0.4) is 0 Å². The van der Waals surface area contributed by atoms with Crippen molar-refractivity contribution in [3.05, 3.63) is 62.5 Å². The third-order valence-corrected chi connectivity index (χ3v) is 9.27. The van der Waals surface area contributed by atoms with Gasteiger partial charge in [-0.1, -0.05) is 17.4 Å². The molecule has 3 aromatic rings. The lowest BCUT2D eigenvalue weighted by atomic mass is 9.80. The second kappa shape index (κ2) is 11.6. The Labute approximate surface area is 239 Å². The molecule has 218 valence electrons. The number of aromatic hydroxyl groups is 1. The van der Waals surface area contributed by atoms with Gasteiger partial charge in [0.05, 0.1) is 11.2 Å². The van der Waals surface area contributed by atoms with Crippen molar-refractivity contribution in [2.45, 2.75) is 50.6 Å². The molecule has 1 aliphatic heterocycles. The number of nitrogens with one attached hydrogen (secondary N) is 2. The van der Waals surface area contributed by atoms with Gasteiger partial charge in [0.1, 0.15) is 16.6 Å². The first-order chi connectivity index (χ1) is 19.6. The van der Waals surface area contributed by atoms with Crippen LogP contribution in [-0.2, 0) is 11.2 Å². The Bertz CT molecular complexity index is 1510. The predicted octanol–water partition coefficient (Wildman–Crippen LogP) is 3.27. The molecule has 2 fully saturated rings. The van der Waals surface area contributed by atoms with E-state index in [1.165, 1.54) is 17.2 Å². The molecule has 1 saturated carbocycles. The SMILES string of the molecule is CNC1(N(C)C(=O)c2[nH]cc(-c3nnc(Cc4ccc(F)cc4F)s3)c(=O)c2O)CCC(C(=O)N2CCCC2)CC1. The summed E-state index contributed by atoms with van der Waals surface area (Å²) in [4.78, 5) is 45.6. The Hall–Kier alpha value is -3.71. The number of benzene rings is 1. The molecular weight excluding hydrogens is 554 g/mol. The highest BCUT2D eigenvalue weighted by molar-refractivity contribution is 7.14. The van der Waals surface area contributed by atoms with E-state index in [0.717, 1.165) is 49.4 Å². The number of rotatable bonds is 7. The Morgan fingerprint density at radius 1 is 1.22 bits per heavy atom. The summed E-state index contributed by atoms with van der Waals surface area (Å²) in [7, 11) is 3.36. The minimum atomic E-state index is -0.797. The van der Waals surface area contributed by atoms with Crippen LogP contribution in [0.5, 0.6) is 5.75 Å². The van der Waals surface area contributed by atoms with Gasteiger partial charge in [-0.2, -0.15) is 0 Å². The van der Waals surface area contributed by atoms with Crippen LogP contribution >= 0.6 is 11.3 Å². The summed E-state index contributed by atoms with van der Waals surface area (Å²) in [6.45, 7) is 1.61. The van der Waals surface area contributed by atoms with Crippen LogP contribution in [0.1, 0.15) is 59.6 Å². The van der Waals surface area contributed by atoms with Crippen LogP contribution in [0.2, 0.25) is 0 Å². The number of pyridine rings is 1. The number of nitrogens with zero attached hydrogens (tertiary/aromatic N) is 4. The molecule has 2 aliphatic rings.